The fourth-order valence-corrected chi connectivity index (χ4v) is 2.36. The van der Waals surface area contributed by atoms with E-state index in [-0.39, 0.29) is 11.7 Å². The Morgan fingerprint density at radius 2 is 2.20 bits per heavy atom. The van der Waals surface area contributed by atoms with Crippen LogP contribution in [0.15, 0.2) is 48.1 Å². The van der Waals surface area contributed by atoms with Crippen LogP contribution in [0.4, 0.5) is 5.69 Å². The number of aryl methyl sites for hydroxylation is 1. The molecule has 0 fully saturated rings. The van der Waals surface area contributed by atoms with Crippen LogP contribution in [0.25, 0.3) is 0 Å². The molecule has 7 heteroatoms. The van der Waals surface area contributed by atoms with E-state index in [2.05, 4.69) is 22.1 Å². The van der Waals surface area contributed by atoms with E-state index < -0.39 is 0 Å². The van der Waals surface area contributed by atoms with Crippen molar-refractivity contribution in [1.82, 2.24) is 20.2 Å². The van der Waals surface area contributed by atoms with Gasteiger partial charge in [0.25, 0.3) is 0 Å². The molecule has 20 heavy (non-hydrogen) atoms. The van der Waals surface area contributed by atoms with Gasteiger partial charge in [0.1, 0.15) is 0 Å². The van der Waals surface area contributed by atoms with Crippen molar-refractivity contribution in [3.05, 3.63) is 43.0 Å². The van der Waals surface area contributed by atoms with Gasteiger partial charge < -0.3 is 4.90 Å². The Labute approximate surface area is 121 Å². The number of aromatic nitrogens is 4. The first-order valence-electron chi connectivity index (χ1n) is 6.04. The lowest BCUT2D eigenvalue weighted by molar-refractivity contribution is -0.116. The van der Waals surface area contributed by atoms with Crippen LogP contribution in [0.3, 0.4) is 0 Å². The molecule has 1 aromatic heterocycles. The molecular weight excluding hydrogens is 274 g/mol. The van der Waals surface area contributed by atoms with E-state index in [0.717, 1.165) is 5.69 Å². The second-order valence-electron chi connectivity index (χ2n) is 4.00. The molecule has 104 valence electrons. The molecule has 0 saturated carbocycles. The molecule has 2 aromatic rings. The van der Waals surface area contributed by atoms with Gasteiger partial charge in [-0.25, -0.2) is 4.68 Å². The molecule has 0 spiro atoms. The molecule has 0 aliphatic heterocycles. The lowest BCUT2D eigenvalue weighted by atomic mass is 10.3. The molecule has 0 atom stereocenters. The first-order chi connectivity index (χ1) is 9.72. The maximum atomic E-state index is 12.3. The highest BCUT2D eigenvalue weighted by atomic mass is 32.2. The summed E-state index contributed by atoms with van der Waals surface area (Å²) < 4.78 is 1.54. The first-order valence-corrected chi connectivity index (χ1v) is 7.02. The first kappa shape index (κ1) is 14.3. The normalized spacial score (nSPS) is 10.2. The average molecular weight is 289 g/mol. The van der Waals surface area contributed by atoms with E-state index in [1.807, 2.05) is 30.3 Å². The van der Waals surface area contributed by atoms with E-state index in [0.29, 0.717) is 11.7 Å². The second kappa shape index (κ2) is 6.85. The number of hydrogen-bond donors (Lipinski definition) is 0. The van der Waals surface area contributed by atoms with Gasteiger partial charge in [0, 0.05) is 19.3 Å². The van der Waals surface area contributed by atoms with Gasteiger partial charge in [-0.15, -0.1) is 11.7 Å². The van der Waals surface area contributed by atoms with Crippen molar-refractivity contribution in [2.45, 2.75) is 5.16 Å². The number of thioether (sulfide) groups is 1. The van der Waals surface area contributed by atoms with E-state index in [1.165, 1.54) is 16.4 Å². The van der Waals surface area contributed by atoms with Crippen molar-refractivity contribution in [1.29, 1.82) is 0 Å². The van der Waals surface area contributed by atoms with Crippen LogP contribution in [0.2, 0.25) is 0 Å². The van der Waals surface area contributed by atoms with Gasteiger partial charge in [0.05, 0.1) is 5.75 Å². The molecule has 2 rings (SSSR count). The molecule has 0 unspecified atom stereocenters. The van der Waals surface area contributed by atoms with Crippen LogP contribution < -0.4 is 4.90 Å². The van der Waals surface area contributed by atoms with Crippen LogP contribution in [-0.2, 0) is 11.8 Å². The Hall–Kier alpha value is -2.15. The van der Waals surface area contributed by atoms with Gasteiger partial charge >= 0.3 is 0 Å². The van der Waals surface area contributed by atoms with Crippen molar-refractivity contribution in [3.63, 3.8) is 0 Å². The summed E-state index contributed by atoms with van der Waals surface area (Å²) in [4.78, 5) is 14.0. The largest absolute Gasteiger partial charge is 0.308 e. The molecule has 6 nitrogen and oxygen atoms in total. The minimum Gasteiger partial charge on any atom is -0.308 e. The summed E-state index contributed by atoms with van der Waals surface area (Å²) in [7, 11) is 1.74. The Balaban J connectivity index is 2.04. The standard InChI is InChI=1S/C13H15N5OS/c1-3-9-18(11-7-5-4-6-8-11)12(19)10-20-13-14-15-16-17(13)2/h3-8H,1,9-10H2,2H3. The highest BCUT2D eigenvalue weighted by Crippen LogP contribution is 2.18. The molecule has 0 bridgehead atoms. The van der Waals surface area contributed by atoms with Crippen LogP contribution in [-0.4, -0.2) is 38.4 Å². The molecular formula is C13H15N5OS. The number of tetrazole rings is 1. The van der Waals surface area contributed by atoms with Crippen LogP contribution in [0.5, 0.6) is 0 Å². The summed E-state index contributed by atoms with van der Waals surface area (Å²) in [6.45, 7) is 4.17. The molecule has 0 aliphatic carbocycles. The smallest absolute Gasteiger partial charge is 0.237 e. The Morgan fingerprint density at radius 1 is 1.45 bits per heavy atom. The van der Waals surface area contributed by atoms with Gasteiger partial charge in [-0.3, -0.25) is 4.79 Å². The maximum Gasteiger partial charge on any atom is 0.237 e. The third-order valence-corrected chi connectivity index (χ3v) is 3.58. The molecule has 0 radical (unpaired) electrons. The van der Waals surface area contributed by atoms with Crippen LogP contribution >= 0.6 is 11.8 Å². The number of amides is 1. The topological polar surface area (TPSA) is 63.9 Å². The SMILES string of the molecule is C=CCN(C(=O)CSc1nnnn1C)c1ccccc1. The summed E-state index contributed by atoms with van der Waals surface area (Å²) in [5, 5.41) is 11.7. The summed E-state index contributed by atoms with van der Waals surface area (Å²) in [5.41, 5.74) is 0.856. The third kappa shape index (κ3) is 3.45. The highest BCUT2D eigenvalue weighted by Gasteiger charge is 2.15. The van der Waals surface area contributed by atoms with E-state index >= 15 is 0 Å². The third-order valence-electron chi connectivity index (χ3n) is 2.59. The highest BCUT2D eigenvalue weighted by molar-refractivity contribution is 7.99. The number of carbonyl (C=O) groups excluding carboxylic acids is 1. The summed E-state index contributed by atoms with van der Waals surface area (Å²) in [6, 6.07) is 9.52. The van der Waals surface area contributed by atoms with Crippen molar-refractivity contribution in [2.24, 2.45) is 7.05 Å². The fraction of sp³-hybridized carbons (Fsp3) is 0.231. The van der Waals surface area contributed by atoms with Gasteiger partial charge in [-0.05, 0) is 22.6 Å². The second-order valence-corrected chi connectivity index (χ2v) is 4.94. The maximum absolute atomic E-state index is 12.3. The van der Waals surface area contributed by atoms with Crippen LogP contribution in [0, 0.1) is 0 Å². The zero-order valence-electron chi connectivity index (χ0n) is 11.1. The minimum absolute atomic E-state index is 0.0101. The van der Waals surface area contributed by atoms with Gasteiger partial charge in [-0.2, -0.15) is 0 Å². The number of rotatable bonds is 6. The Bertz CT molecular complexity index is 583. The van der Waals surface area contributed by atoms with E-state index in [4.69, 9.17) is 0 Å². The summed E-state index contributed by atoms with van der Waals surface area (Å²) >= 11 is 1.31. The van der Waals surface area contributed by atoms with Crippen LogP contribution in [0.1, 0.15) is 0 Å². The molecule has 0 N–H and O–H groups in total. The Morgan fingerprint density at radius 3 is 2.80 bits per heavy atom. The molecule has 1 amide bonds. The van der Waals surface area contributed by atoms with Crippen molar-refractivity contribution >= 4 is 23.4 Å². The molecule has 0 saturated heterocycles. The Kier molecular flexibility index (Phi) is 4.89. The van der Waals surface area contributed by atoms with Crippen molar-refractivity contribution < 1.29 is 4.79 Å². The summed E-state index contributed by atoms with van der Waals surface area (Å²) in [5.74, 6) is 0.265. The van der Waals surface area contributed by atoms with Crippen molar-refractivity contribution in [2.75, 3.05) is 17.2 Å². The van der Waals surface area contributed by atoms with Crippen molar-refractivity contribution in [3.8, 4) is 0 Å². The van der Waals surface area contributed by atoms with E-state index in [1.54, 1.807) is 18.0 Å². The zero-order chi connectivity index (χ0) is 14.4. The number of carbonyl (C=O) groups is 1. The van der Waals surface area contributed by atoms with Gasteiger partial charge in [-0.1, -0.05) is 36.0 Å². The predicted molar refractivity (Wildman–Crippen MR) is 78.5 cm³/mol. The summed E-state index contributed by atoms with van der Waals surface area (Å²) in [6.07, 6.45) is 1.71. The monoisotopic (exact) mass is 289 g/mol. The number of anilines is 1. The number of hydrogen-bond acceptors (Lipinski definition) is 5. The van der Waals surface area contributed by atoms with E-state index in [9.17, 15) is 4.79 Å². The lowest BCUT2D eigenvalue weighted by Gasteiger charge is -2.20. The number of nitrogens with zero attached hydrogens (tertiary/aromatic N) is 5. The quantitative estimate of drug-likeness (QED) is 0.596. The molecule has 1 heterocycles. The predicted octanol–water partition coefficient (Wildman–Crippen LogP) is 1.52. The average Bonchev–Trinajstić information content (AvgIpc) is 2.88. The number of para-hydroxylation sites is 1. The molecule has 0 aliphatic rings. The zero-order valence-corrected chi connectivity index (χ0v) is 12.0. The van der Waals surface area contributed by atoms with Gasteiger partial charge in [0.15, 0.2) is 0 Å². The fourth-order valence-electron chi connectivity index (χ4n) is 1.64. The minimum atomic E-state index is -0.0101. The number of benzene rings is 1. The van der Waals surface area contributed by atoms with Gasteiger partial charge in [0.2, 0.25) is 11.1 Å². The lowest BCUT2D eigenvalue weighted by Crippen LogP contribution is -2.32. The molecule has 1 aromatic carbocycles.